The predicted octanol–water partition coefficient (Wildman–Crippen LogP) is 1.69. The summed E-state index contributed by atoms with van der Waals surface area (Å²) < 4.78 is 5.26. The quantitative estimate of drug-likeness (QED) is 0.924. The second-order valence-electron chi connectivity index (χ2n) is 5.32. The summed E-state index contributed by atoms with van der Waals surface area (Å²) in [5.74, 6) is 0.239. The van der Waals surface area contributed by atoms with Gasteiger partial charge in [0.2, 0.25) is 5.43 Å². The lowest BCUT2D eigenvalue weighted by molar-refractivity contribution is 0.227. The van der Waals surface area contributed by atoms with Gasteiger partial charge in [-0.2, -0.15) is 0 Å². The van der Waals surface area contributed by atoms with Crippen molar-refractivity contribution in [3.05, 3.63) is 39.4 Å². The first kappa shape index (κ1) is 15.1. The number of piperazine rings is 1. The first-order chi connectivity index (χ1) is 10.7. The third-order valence-electron chi connectivity index (χ3n) is 3.78. The largest absolute Gasteiger partial charge is 0.502 e. The van der Waals surface area contributed by atoms with Gasteiger partial charge in [-0.3, -0.25) is 9.69 Å². The molecule has 1 fully saturated rings. The van der Waals surface area contributed by atoms with Crippen LogP contribution < -0.4 is 10.3 Å². The van der Waals surface area contributed by atoms with E-state index >= 15 is 0 Å². The molecule has 3 heterocycles. The number of anilines is 1. The Kier molecular flexibility index (Phi) is 4.44. The molecule has 2 aromatic heterocycles. The topological polar surface area (TPSA) is 69.8 Å². The molecule has 1 aliphatic heterocycles. The molecule has 0 radical (unpaired) electrons. The van der Waals surface area contributed by atoms with Gasteiger partial charge in [0.15, 0.2) is 10.9 Å². The van der Waals surface area contributed by atoms with Gasteiger partial charge in [0, 0.05) is 43.3 Å². The summed E-state index contributed by atoms with van der Waals surface area (Å²) in [6, 6.07) is 1.36. The van der Waals surface area contributed by atoms with Crippen molar-refractivity contribution in [1.82, 2.24) is 9.88 Å². The van der Waals surface area contributed by atoms with Crippen LogP contribution in [0, 0.1) is 0 Å². The maximum absolute atomic E-state index is 11.4. The Bertz CT molecular complexity index is 689. The normalized spacial score (nSPS) is 16.1. The van der Waals surface area contributed by atoms with Crippen LogP contribution >= 0.6 is 11.3 Å². The molecule has 0 bridgehead atoms. The van der Waals surface area contributed by atoms with Gasteiger partial charge in [-0.05, 0) is 6.42 Å². The van der Waals surface area contributed by atoms with Crippen LogP contribution in [0.2, 0.25) is 0 Å². The van der Waals surface area contributed by atoms with Crippen molar-refractivity contribution in [2.75, 3.05) is 31.1 Å². The van der Waals surface area contributed by atoms with Gasteiger partial charge in [-0.1, -0.05) is 6.92 Å². The summed E-state index contributed by atoms with van der Waals surface area (Å²) in [7, 11) is 0. The van der Waals surface area contributed by atoms with E-state index in [0.29, 0.717) is 12.3 Å². The monoisotopic (exact) mass is 321 g/mol. The van der Waals surface area contributed by atoms with E-state index in [1.165, 1.54) is 10.9 Å². The third kappa shape index (κ3) is 3.31. The number of nitrogens with zero attached hydrogens (tertiary/aromatic N) is 3. The van der Waals surface area contributed by atoms with Crippen LogP contribution in [-0.2, 0) is 13.0 Å². The Morgan fingerprint density at radius 3 is 2.77 bits per heavy atom. The molecule has 1 N–H and O–H groups in total. The summed E-state index contributed by atoms with van der Waals surface area (Å²) in [5, 5.41) is 10.3. The van der Waals surface area contributed by atoms with Gasteiger partial charge in [-0.25, -0.2) is 4.98 Å². The van der Waals surface area contributed by atoms with Gasteiger partial charge in [0.25, 0.3) is 0 Å². The lowest BCUT2D eigenvalue weighted by Gasteiger charge is -2.34. The molecular formula is C15H19N3O3S. The molecule has 1 aliphatic rings. The molecule has 0 saturated carbocycles. The summed E-state index contributed by atoms with van der Waals surface area (Å²) in [6.07, 6.45) is 4.09. The van der Waals surface area contributed by atoms with E-state index in [0.717, 1.165) is 44.0 Å². The van der Waals surface area contributed by atoms with Gasteiger partial charge in [-0.15, -0.1) is 11.3 Å². The van der Waals surface area contributed by atoms with Crippen LogP contribution in [-0.4, -0.2) is 41.2 Å². The minimum Gasteiger partial charge on any atom is -0.502 e. The predicted molar refractivity (Wildman–Crippen MR) is 85.6 cm³/mol. The average Bonchev–Trinajstić information content (AvgIpc) is 3.01. The van der Waals surface area contributed by atoms with Gasteiger partial charge in [0.1, 0.15) is 12.0 Å². The molecule has 3 rings (SSSR count). The fraction of sp³-hybridized carbons (Fsp3) is 0.467. The van der Waals surface area contributed by atoms with Crippen LogP contribution in [0.5, 0.6) is 5.75 Å². The zero-order chi connectivity index (χ0) is 15.5. The standard InChI is InChI=1S/C15H19N3O3S/c1-2-12-8-16-15(22-12)18-5-3-17(4-6-18)9-11-7-13(19)14(20)10-21-11/h7-8,10,20H,2-6,9H2,1H3. The van der Waals surface area contributed by atoms with E-state index in [2.05, 4.69) is 21.7 Å². The maximum Gasteiger partial charge on any atom is 0.226 e. The van der Waals surface area contributed by atoms with Crippen LogP contribution in [0.3, 0.4) is 0 Å². The molecule has 1 saturated heterocycles. The van der Waals surface area contributed by atoms with Gasteiger partial charge in [0.05, 0.1) is 6.54 Å². The number of hydrogen-bond acceptors (Lipinski definition) is 7. The van der Waals surface area contributed by atoms with Crippen molar-refractivity contribution in [2.45, 2.75) is 19.9 Å². The second-order valence-corrected chi connectivity index (χ2v) is 6.42. The minimum absolute atomic E-state index is 0.343. The van der Waals surface area contributed by atoms with Crippen molar-refractivity contribution in [1.29, 1.82) is 0 Å². The molecule has 7 heteroatoms. The smallest absolute Gasteiger partial charge is 0.226 e. The van der Waals surface area contributed by atoms with Crippen LogP contribution in [0.15, 0.2) is 27.7 Å². The highest BCUT2D eigenvalue weighted by Gasteiger charge is 2.20. The SMILES string of the molecule is CCc1cnc(N2CCN(Cc3cc(=O)c(O)co3)CC2)s1. The van der Waals surface area contributed by atoms with Crippen molar-refractivity contribution in [3.8, 4) is 5.75 Å². The number of aryl methyl sites for hydroxylation is 1. The molecule has 2 aromatic rings. The number of rotatable bonds is 4. The third-order valence-corrected chi connectivity index (χ3v) is 4.98. The van der Waals surface area contributed by atoms with Crippen LogP contribution in [0.25, 0.3) is 0 Å². The van der Waals surface area contributed by atoms with E-state index in [1.807, 2.05) is 6.20 Å². The second kappa shape index (κ2) is 6.50. The number of thiazole rings is 1. The van der Waals surface area contributed by atoms with Crippen LogP contribution in [0.1, 0.15) is 17.6 Å². The Morgan fingerprint density at radius 2 is 2.14 bits per heavy atom. The molecule has 22 heavy (non-hydrogen) atoms. The molecule has 0 aromatic carbocycles. The summed E-state index contributed by atoms with van der Waals surface area (Å²) in [4.78, 5) is 21.7. The molecule has 0 amide bonds. The van der Waals surface area contributed by atoms with E-state index in [-0.39, 0.29) is 5.75 Å². The first-order valence-electron chi connectivity index (χ1n) is 7.38. The van der Waals surface area contributed by atoms with E-state index in [4.69, 9.17) is 4.42 Å². The molecule has 0 unspecified atom stereocenters. The van der Waals surface area contributed by atoms with Crippen molar-refractivity contribution in [2.24, 2.45) is 0 Å². The fourth-order valence-corrected chi connectivity index (χ4v) is 3.35. The molecule has 118 valence electrons. The molecule has 6 nitrogen and oxygen atoms in total. The number of hydrogen-bond donors (Lipinski definition) is 1. The zero-order valence-corrected chi connectivity index (χ0v) is 13.3. The Hall–Kier alpha value is -1.86. The fourth-order valence-electron chi connectivity index (χ4n) is 2.45. The molecular weight excluding hydrogens is 302 g/mol. The zero-order valence-electron chi connectivity index (χ0n) is 12.5. The highest BCUT2D eigenvalue weighted by Crippen LogP contribution is 2.24. The summed E-state index contributed by atoms with van der Waals surface area (Å²) in [5.41, 5.74) is -0.394. The summed E-state index contributed by atoms with van der Waals surface area (Å²) >= 11 is 1.76. The Balaban J connectivity index is 1.57. The maximum atomic E-state index is 11.4. The lowest BCUT2D eigenvalue weighted by atomic mass is 10.3. The van der Waals surface area contributed by atoms with E-state index in [9.17, 15) is 9.90 Å². The molecule has 0 atom stereocenters. The van der Waals surface area contributed by atoms with Gasteiger partial charge < -0.3 is 14.4 Å². The van der Waals surface area contributed by atoms with Crippen molar-refractivity contribution < 1.29 is 9.52 Å². The van der Waals surface area contributed by atoms with Crippen molar-refractivity contribution in [3.63, 3.8) is 0 Å². The van der Waals surface area contributed by atoms with Gasteiger partial charge >= 0.3 is 0 Å². The van der Waals surface area contributed by atoms with E-state index < -0.39 is 5.43 Å². The number of aromatic nitrogens is 1. The number of aromatic hydroxyl groups is 1. The highest BCUT2D eigenvalue weighted by atomic mass is 32.1. The minimum atomic E-state index is -0.394. The molecule has 0 spiro atoms. The van der Waals surface area contributed by atoms with Crippen LogP contribution in [0.4, 0.5) is 5.13 Å². The first-order valence-corrected chi connectivity index (χ1v) is 8.20. The molecule has 0 aliphatic carbocycles. The Labute approximate surface area is 132 Å². The lowest BCUT2D eigenvalue weighted by Crippen LogP contribution is -2.46. The average molecular weight is 321 g/mol. The highest BCUT2D eigenvalue weighted by molar-refractivity contribution is 7.15. The van der Waals surface area contributed by atoms with E-state index in [1.54, 1.807) is 11.3 Å². The Morgan fingerprint density at radius 1 is 1.36 bits per heavy atom. The summed E-state index contributed by atoms with van der Waals surface area (Å²) in [6.45, 7) is 6.34. The van der Waals surface area contributed by atoms with Crippen molar-refractivity contribution >= 4 is 16.5 Å².